The quantitative estimate of drug-likeness (QED) is 0.790. The third-order valence-electron chi connectivity index (χ3n) is 1.59. The molecule has 0 bridgehead atoms. The summed E-state index contributed by atoms with van der Waals surface area (Å²) in [5, 5.41) is 0. The van der Waals surface area contributed by atoms with Gasteiger partial charge in [-0.15, -0.1) is 0 Å². The van der Waals surface area contributed by atoms with Crippen molar-refractivity contribution in [2.45, 2.75) is 31.3 Å². The minimum atomic E-state index is 0.280. The summed E-state index contributed by atoms with van der Waals surface area (Å²) in [5.74, 6) is 1.59. The van der Waals surface area contributed by atoms with E-state index in [0.29, 0.717) is 5.82 Å². The number of nitrogen functional groups attached to an aromatic ring is 1. The highest BCUT2D eigenvalue weighted by Gasteiger charge is 2.11. The molecule has 1 heterocycles. The van der Waals surface area contributed by atoms with E-state index in [9.17, 15) is 0 Å². The van der Waals surface area contributed by atoms with Crippen molar-refractivity contribution in [1.29, 1.82) is 0 Å². The van der Waals surface area contributed by atoms with Gasteiger partial charge in [0.05, 0.1) is 0 Å². The van der Waals surface area contributed by atoms with Gasteiger partial charge in [0.1, 0.15) is 5.82 Å². The van der Waals surface area contributed by atoms with E-state index in [4.69, 9.17) is 5.73 Å². The van der Waals surface area contributed by atoms with Crippen LogP contribution >= 0.6 is 11.8 Å². The Kier molecular flexibility index (Phi) is 3.20. The van der Waals surface area contributed by atoms with Gasteiger partial charge in [-0.05, 0) is 6.07 Å². The van der Waals surface area contributed by atoms with Crippen LogP contribution in [0.3, 0.4) is 0 Å². The molecule has 3 heteroatoms. The van der Waals surface area contributed by atoms with Gasteiger partial charge in [-0.3, -0.25) is 0 Å². The Bertz CT molecular complexity index is 278. The summed E-state index contributed by atoms with van der Waals surface area (Å²) in [6, 6.07) is 3.95. The number of anilines is 1. The fourth-order valence-electron chi connectivity index (χ4n) is 0.867. The minimum absolute atomic E-state index is 0.280. The molecule has 1 aromatic rings. The Morgan fingerprint density at radius 3 is 2.69 bits per heavy atom. The lowest BCUT2D eigenvalue weighted by Crippen LogP contribution is -2.08. The normalized spacial score (nSPS) is 11.6. The first kappa shape index (κ1) is 10.4. The zero-order chi connectivity index (χ0) is 9.90. The van der Waals surface area contributed by atoms with Gasteiger partial charge in [0.25, 0.3) is 0 Å². The molecule has 0 radical (unpaired) electrons. The molecule has 0 amide bonds. The van der Waals surface area contributed by atoms with Crippen LogP contribution in [0.5, 0.6) is 0 Å². The van der Waals surface area contributed by atoms with E-state index in [1.807, 2.05) is 23.9 Å². The van der Waals surface area contributed by atoms with Crippen molar-refractivity contribution in [3.63, 3.8) is 0 Å². The van der Waals surface area contributed by atoms with Crippen LogP contribution in [0.25, 0.3) is 0 Å². The maximum atomic E-state index is 5.73. The zero-order valence-electron chi connectivity index (χ0n) is 8.37. The number of hydrogen-bond acceptors (Lipinski definition) is 3. The minimum Gasteiger partial charge on any atom is -0.383 e. The molecule has 0 saturated heterocycles. The van der Waals surface area contributed by atoms with Crippen molar-refractivity contribution >= 4 is 17.6 Å². The molecule has 1 rings (SSSR count). The predicted molar refractivity (Wildman–Crippen MR) is 59.7 cm³/mol. The molecule has 0 atom stereocenters. The van der Waals surface area contributed by atoms with Crippen LogP contribution in [0.4, 0.5) is 5.82 Å². The van der Waals surface area contributed by atoms with Gasteiger partial charge in [0.15, 0.2) is 0 Å². The number of thioether (sulfide) groups is 1. The Morgan fingerprint density at radius 1 is 1.46 bits per heavy atom. The van der Waals surface area contributed by atoms with Crippen LogP contribution in [0.1, 0.15) is 26.3 Å². The van der Waals surface area contributed by atoms with Gasteiger partial charge in [-0.25, -0.2) is 4.98 Å². The highest BCUT2D eigenvalue weighted by molar-refractivity contribution is 7.99. The summed E-state index contributed by atoms with van der Waals surface area (Å²) in [5.41, 5.74) is 6.85. The molecule has 0 aromatic carbocycles. The maximum absolute atomic E-state index is 5.73. The summed E-state index contributed by atoms with van der Waals surface area (Å²) in [6.45, 7) is 6.60. The number of pyridine rings is 1. The Balaban J connectivity index is 2.60. The van der Waals surface area contributed by atoms with Gasteiger partial charge < -0.3 is 5.73 Å². The molecule has 0 aliphatic rings. The third-order valence-corrected chi connectivity index (χ3v) is 2.91. The molecule has 72 valence electrons. The molecular weight excluding hydrogens is 180 g/mol. The summed E-state index contributed by atoms with van der Waals surface area (Å²) in [4.78, 5) is 4.04. The second-order valence-electron chi connectivity index (χ2n) is 3.95. The van der Waals surface area contributed by atoms with E-state index in [2.05, 4.69) is 25.8 Å². The number of nitrogens with zero attached hydrogens (tertiary/aromatic N) is 1. The molecule has 0 saturated carbocycles. The van der Waals surface area contributed by atoms with Gasteiger partial charge in [0.2, 0.25) is 0 Å². The van der Waals surface area contributed by atoms with Crippen molar-refractivity contribution in [3.8, 4) is 0 Å². The zero-order valence-corrected chi connectivity index (χ0v) is 9.19. The van der Waals surface area contributed by atoms with E-state index >= 15 is 0 Å². The molecule has 0 aliphatic carbocycles. The summed E-state index contributed by atoms with van der Waals surface area (Å²) in [7, 11) is 0. The number of aromatic nitrogens is 1. The van der Waals surface area contributed by atoms with Crippen LogP contribution < -0.4 is 5.73 Å². The molecule has 2 nitrogen and oxygen atoms in total. The lowest BCUT2D eigenvalue weighted by atomic mass is 10.3. The first-order valence-electron chi connectivity index (χ1n) is 4.32. The highest BCUT2D eigenvalue weighted by atomic mass is 32.2. The number of hydrogen-bond donors (Lipinski definition) is 1. The summed E-state index contributed by atoms with van der Waals surface area (Å²) < 4.78 is 0.280. The second-order valence-corrected chi connectivity index (χ2v) is 5.75. The largest absolute Gasteiger partial charge is 0.383 e. The maximum Gasteiger partial charge on any atom is 0.127 e. The standard InChI is InChI=1S/C10H16N2S/c1-10(2,3)13-7-8-5-4-6-12-9(8)11/h4-6H,7H2,1-3H3,(H2,11,12). The van der Waals surface area contributed by atoms with Gasteiger partial charge in [0, 0.05) is 22.3 Å². The van der Waals surface area contributed by atoms with E-state index in [0.717, 1.165) is 11.3 Å². The van der Waals surface area contributed by atoms with Crippen molar-refractivity contribution in [2.75, 3.05) is 5.73 Å². The molecule has 2 N–H and O–H groups in total. The smallest absolute Gasteiger partial charge is 0.127 e. The molecule has 1 aromatic heterocycles. The van der Waals surface area contributed by atoms with Crippen LogP contribution in [0.15, 0.2) is 18.3 Å². The molecule has 0 unspecified atom stereocenters. The van der Waals surface area contributed by atoms with E-state index in [-0.39, 0.29) is 4.75 Å². The molecule has 0 spiro atoms. The Labute approximate surface area is 83.9 Å². The molecule has 13 heavy (non-hydrogen) atoms. The monoisotopic (exact) mass is 196 g/mol. The highest BCUT2D eigenvalue weighted by Crippen LogP contribution is 2.28. The SMILES string of the molecule is CC(C)(C)SCc1cccnc1N. The van der Waals surface area contributed by atoms with Gasteiger partial charge in [-0.2, -0.15) is 11.8 Å². The van der Waals surface area contributed by atoms with Crippen LogP contribution in [0.2, 0.25) is 0 Å². The van der Waals surface area contributed by atoms with Crippen molar-refractivity contribution < 1.29 is 0 Å². The van der Waals surface area contributed by atoms with Gasteiger partial charge in [-0.1, -0.05) is 26.8 Å². The summed E-state index contributed by atoms with van der Waals surface area (Å²) >= 11 is 1.88. The van der Waals surface area contributed by atoms with Crippen molar-refractivity contribution in [3.05, 3.63) is 23.9 Å². The number of rotatable bonds is 2. The molecule has 0 aliphatic heterocycles. The lowest BCUT2D eigenvalue weighted by molar-refractivity contribution is 0.802. The number of nitrogens with two attached hydrogens (primary N) is 1. The van der Waals surface area contributed by atoms with Crippen LogP contribution in [-0.2, 0) is 5.75 Å². The van der Waals surface area contributed by atoms with Crippen molar-refractivity contribution in [1.82, 2.24) is 4.98 Å². The van der Waals surface area contributed by atoms with Crippen LogP contribution in [-0.4, -0.2) is 9.73 Å². The Hall–Kier alpha value is -0.700. The average Bonchev–Trinajstić information content (AvgIpc) is 2.01. The summed E-state index contributed by atoms with van der Waals surface area (Å²) in [6.07, 6.45) is 1.72. The fraction of sp³-hybridized carbons (Fsp3) is 0.500. The van der Waals surface area contributed by atoms with E-state index in [1.165, 1.54) is 0 Å². The van der Waals surface area contributed by atoms with Gasteiger partial charge >= 0.3 is 0 Å². The fourth-order valence-corrected chi connectivity index (χ4v) is 1.70. The predicted octanol–water partition coefficient (Wildman–Crippen LogP) is 2.70. The third kappa shape index (κ3) is 3.68. The Morgan fingerprint density at radius 2 is 2.15 bits per heavy atom. The first-order chi connectivity index (χ1) is 5.99. The average molecular weight is 196 g/mol. The first-order valence-corrected chi connectivity index (χ1v) is 5.31. The molecular formula is C10H16N2S. The van der Waals surface area contributed by atoms with Crippen LogP contribution in [0, 0.1) is 0 Å². The topological polar surface area (TPSA) is 38.9 Å². The lowest BCUT2D eigenvalue weighted by Gasteiger charge is -2.17. The van der Waals surface area contributed by atoms with Crippen molar-refractivity contribution in [2.24, 2.45) is 0 Å². The van der Waals surface area contributed by atoms with E-state index < -0.39 is 0 Å². The molecule has 0 fully saturated rings. The second kappa shape index (κ2) is 4.01. The van der Waals surface area contributed by atoms with E-state index in [1.54, 1.807) is 6.20 Å².